The van der Waals surface area contributed by atoms with E-state index in [0.29, 0.717) is 11.3 Å². The summed E-state index contributed by atoms with van der Waals surface area (Å²) in [6.07, 6.45) is 3.01. The van der Waals surface area contributed by atoms with Crippen molar-refractivity contribution in [3.05, 3.63) is 59.2 Å². The molecule has 0 spiro atoms. The van der Waals surface area contributed by atoms with E-state index in [1.54, 1.807) is 13.1 Å². The first-order valence-corrected chi connectivity index (χ1v) is 5.55. The molecule has 0 saturated heterocycles. The molecule has 0 fully saturated rings. The molecule has 0 aliphatic carbocycles. The number of nitrogen functional groups attached to an aromatic ring is 1. The van der Waals surface area contributed by atoms with Crippen molar-refractivity contribution in [3.63, 3.8) is 0 Å². The molecule has 2 rings (SSSR count). The van der Waals surface area contributed by atoms with E-state index in [2.05, 4.69) is 10.3 Å². The molecule has 100 valence electrons. The van der Waals surface area contributed by atoms with Crippen molar-refractivity contribution in [1.29, 1.82) is 0 Å². The number of aromatic nitrogens is 1. The quantitative estimate of drug-likeness (QED) is 0.839. The average Bonchev–Trinajstić information content (AvgIpc) is 2.39. The Labute approximate surface area is 108 Å². The van der Waals surface area contributed by atoms with Gasteiger partial charge >= 0.3 is 0 Å². The fourth-order valence-electron chi connectivity index (χ4n) is 1.90. The molecule has 0 aliphatic rings. The lowest BCUT2D eigenvalue weighted by Crippen LogP contribution is -2.20. The third-order valence-electron chi connectivity index (χ3n) is 2.83. The van der Waals surface area contributed by atoms with Crippen LogP contribution in [0, 0.1) is 17.5 Å². The lowest BCUT2D eigenvalue weighted by atomic mass is 9.98. The maximum atomic E-state index is 13.3. The minimum Gasteiger partial charge on any atom is -0.398 e. The molecule has 6 heteroatoms. The Kier molecular flexibility index (Phi) is 3.71. The molecule has 0 saturated carbocycles. The molecule has 0 bridgehead atoms. The topological polar surface area (TPSA) is 50.9 Å². The summed E-state index contributed by atoms with van der Waals surface area (Å²) in [5.74, 6) is -3.96. The number of hydrogen-bond acceptors (Lipinski definition) is 3. The zero-order valence-electron chi connectivity index (χ0n) is 10.1. The van der Waals surface area contributed by atoms with Gasteiger partial charge in [0.15, 0.2) is 17.5 Å². The van der Waals surface area contributed by atoms with Crippen LogP contribution in [-0.4, -0.2) is 12.0 Å². The van der Waals surface area contributed by atoms with Crippen LogP contribution < -0.4 is 11.1 Å². The van der Waals surface area contributed by atoms with Gasteiger partial charge in [0.1, 0.15) is 0 Å². The van der Waals surface area contributed by atoms with Gasteiger partial charge in [0, 0.05) is 23.6 Å². The predicted octanol–water partition coefficient (Wildman–Crippen LogP) is 2.39. The monoisotopic (exact) mass is 267 g/mol. The van der Waals surface area contributed by atoms with E-state index in [1.807, 2.05) is 0 Å². The summed E-state index contributed by atoms with van der Waals surface area (Å²) in [6.45, 7) is 0. The fourth-order valence-corrected chi connectivity index (χ4v) is 1.90. The number of anilines is 1. The Bertz CT molecular complexity index is 578. The highest BCUT2D eigenvalue weighted by Gasteiger charge is 2.19. The van der Waals surface area contributed by atoms with Gasteiger partial charge in [-0.2, -0.15) is 0 Å². The van der Waals surface area contributed by atoms with E-state index in [0.717, 1.165) is 12.1 Å². The van der Waals surface area contributed by atoms with E-state index in [9.17, 15) is 13.2 Å². The van der Waals surface area contributed by atoms with Crippen molar-refractivity contribution >= 4 is 5.69 Å². The van der Waals surface area contributed by atoms with Crippen molar-refractivity contribution < 1.29 is 13.2 Å². The standard InChI is InChI=1S/C13H12F3N3/c1-18-13(8-6-19-3-2-11(8)17)7-4-9(14)12(16)10(15)5-7/h2-6,13,18H,1H3,(H2,17,19). The Morgan fingerprint density at radius 3 is 2.37 bits per heavy atom. The predicted molar refractivity (Wildman–Crippen MR) is 65.9 cm³/mol. The van der Waals surface area contributed by atoms with Gasteiger partial charge < -0.3 is 11.1 Å². The molecule has 1 heterocycles. The average molecular weight is 267 g/mol. The van der Waals surface area contributed by atoms with Crippen molar-refractivity contribution in [2.45, 2.75) is 6.04 Å². The van der Waals surface area contributed by atoms with E-state index in [1.165, 1.54) is 12.4 Å². The fraction of sp³-hybridized carbons (Fsp3) is 0.154. The minimum atomic E-state index is -1.49. The van der Waals surface area contributed by atoms with Crippen LogP contribution in [0.2, 0.25) is 0 Å². The van der Waals surface area contributed by atoms with Gasteiger partial charge in [0.2, 0.25) is 0 Å². The summed E-state index contributed by atoms with van der Waals surface area (Å²) in [5.41, 5.74) is 7.03. The number of rotatable bonds is 3. The molecule has 3 N–H and O–H groups in total. The summed E-state index contributed by atoms with van der Waals surface area (Å²) >= 11 is 0. The summed E-state index contributed by atoms with van der Waals surface area (Å²) in [6, 6.07) is 2.88. The second kappa shape index (κ2) is 5.27. The molecule has 2 aromatic rings. The van der Waals surface area contributed by atoms with E-state index >= 15 is 0 Å². The highest BCUT2D eigenvalue weighted by atomic mass is 19.2. The first-order chi connectivity index (χ1) is 9.04. The third kappa shape index (κ3) is 2.53. The molecular weight excluding hydrogens is 255 g/mol. The highest BCUT2D eigenvalue weighted by Crippen LogP contribution is 2.27. The van der Waals surface area contributed by atoms with Crippen molar-refractivity contribution in [1.82, 2.24) is 10.3 Å². The van der Waals surface area contributed by atoms with Crippen LogP contribution in [0.1, 0.15) is 17.2 Å². The summed E-state index contributed by atoms with van der Waals surface area (Å²) in [4.78, 5) is 3.92. The number of nitrogens with zero attached hydrogens (tertiary/aromatic N) is 1. The van der Waals surface area contributed by atoms with Crippen LogP contribution >= 0.6 is 0 Å². The molecule has 3 nitrogen and oxygen atoms in total. The second-order valence-corrected chi connectivity index (χ2v) is 4.02. The molecular formula is C13H12F3N3. The Hall–Kier alpha value is -2.08. The van der Waals surface area contributed by atoms with Crippen molar-refractivity contribution in [3.8, 4) is 0 Å². The third-order valence-corrected chi connectivity index (χ3v) is 2.83. The minimum absolute atomic E-state index is 0.235. The van der Waals surface area contributed by atoms with E-state index in [4.69, 9.17) is 5.73 Å². The molecule has 0 aliphatic heterocycles. The Morgan fingerprint density at radius 1 is 1.21 bits per heavy atom. The number of halogens is 3. The van der Waals surface area contributed by atoms with Crippen LogP contribution in [0.3, 0.4) is 0 Å². The lowest BCUT2D eigenvalue weighted by Gasteiger charge is -2.18. The highest BCUT2D eigenvalue weighted by molar-refractivity contribution is 5.49. The lowest BCUT2D eigenvalue weighted by molar-refractivity contribution is 0.443. The smallest absolute Gasteiger partial charge is 0.194 e. The molecule has 1 unspecified atom stereocenters. The van der Waals surface area contributed by atoms with Crippen LogP contribution in [-0.2, 0) is 0 Å². The summed E-state index contributed by atoms with van der Waals surface area (Å²) in [7, 11) is 1.61. The van der Waals surface area contributed by atoms with Gasteiger partial charge in [-0.15, -0.1) is 0 Å². The molecule has 0 radical (unpaired) electrons. The van der Waals surface area contributed by atoms with Gasteiger partial charge in [0.25, 0.3) is 0 Å². The maximum Gasteiger partial charge on any atom is 0.194 e. The van der Waals surface area contributed by atoms with Crippen molar-refractivity contribution in [2.75, 3.05) is 12.8 Å². The first-order valence-electron chi connectivity index (χ1n) is 5.55. The van der Waals surface area contributed by atoms with E-state index < -0.39 is 23.5 Å². The molecule has 1 atom stereocenters. The largest absolute Gasteiger partial charge is 0.398 e. The zero-order chi connectivity index (χ0) is 14.0. The van der Waals surface area contributed by atoms with Gasteiger partial charge in [-0.25, -0.2) is 13.2 Å². The normalized spacial score (nSPS) is 12.4. The van der Waals surface area contributed by atoms with Gasteiger partial charge in [0.05, 0.1) is 6.04 Å². The summed E-state index contributed by atoms with van der Waals surface area (Å²) < 4.78 is 39.5. The number of nitrogens with one attached hydrogen (secondary N) is 1. The van der Waals surface area contributed by atoms with Gasteiger partial charge in [-0.05, 0) is 30.8 Å². The zero-order valence-corrected chi connectivity index (χ0v) is 10.1. The molecule has 1 aromatic heterocycles. The number of nitrogens with two attached hydrogens (primary N) is 1. The molecule has 0 amide bonds. The molecule has 19 heavy (non-hydrogen) atoms. The number of benzene rings is 1. The van der Waals surface area contributed by atoms with Crippen LogP contribution in [0.25, 0.3) is 0 Å². The van der Waals surface area contributed by atoms with E-state index in [-0.39, 0.29) is 5.56 Å². The van der Waals surface area contributed by atoms with Gasteiger partial charge in [-0.3, -0.25) is 4.98 Å². The van der Waals surface area contributed by atoms with Crippen molar-refractivity contribution in [2.24, 2.45) is 0 Å². The Balaban J connectivity index is 2.52. The Morgan fingerprint density at radius 2 is 1.84 bits per heavy atom. The maximum absolute atomic E-state index is 13.3. The van der Waals surface area contributed by atoms with Crippen LogP contribution in [0.4, 0.5) is 18.9 Å². The number of pyridine rings is 1. The van der Waals surface area contributed by atoms with Crippen LogP contribution in [0.5, 0.6) is 0 Å². The molecule has 1 aromatic carbocycles. The summed E-state index contributed by atoms with van der Waals surface area (Å²) in [5, 5.41) is 2.87. The number of hydrogen-bond donors (Lipinski definition) is 2. The van der Waals surface area contributed by atoms with Crippen LogP contribution in [0.15, 0.2) is 30.6 Å². The SMILES string of the molecule is CNC(c1cc(F)c(F)c(F)c1)c1cnccc1N. The van der Waals surface area contributed by atoms with Gasteiger partial charge in [-0.1, -0.05) is 0 Å². The second-order valence-electron chi connectivity index (χ2n) is 4.02. The first kappa shape index (κ1) is 13.4.